The fourth-order valence-corrected chi connectivity index (χ4v) is 3.48. The van der Waals surface area contributed by atoms with Gasteiger partial charge >= 0.3 is 0 Å². The zero-order chi connectivity index (χ0) is 24.0. The molecule has 3 aromatic carbocycles. The number of hydrogen-bond donors (Lipinski definition) is 1. The van der Waals surface area contributed by atoms with E-state index in [1.165, 1.54) is 25.3 Å². The maximum Gasteiger partial charge on any atom is 0.266 e. The SMILES string of the molecule is COc1cc(/C=C(\C#N)C(=O)Nc2ccc(C)cc2C)cc(Cl)c1OCc1cccc(F)c1. The first-order valence-corrected chi connectivity index (χ1v) is 10.4. The van der Waals surface area contributed by atoms with Crippen molar-refractivity contribution in [3.05, 3.63) is 93.3 Å². The van der Waals surface area contributed by atoms with Crippen LogP contribution >= 0.6 is 11.6 Å². The Labute approximate surface area is 197 Å². The van der Waals surface area contributed by atoms with E-state index in [0.29, 0.717) is 22.6 Å². The summed E-state index contributed by atoms with van der Waals surface area (Å²) in [6, 6.07) is 16.7. The molecule has 0 aromatic heterocycles. The van der Waals surface area contributed by atoms with E-state index < -0.39 is 5.91 Å². The quantitative estimate of drug-likeness (QED) is 0.332. The highest BCUT2D eigenvalue weighted by Gasteiger charge is 2.15. The smallest absolute Gasteiger partial charge is 0.266 e. The Morgan fingerprint density at radius 3 is 2.64 bits per heavy atom. The number of nitrogens with one attached hydrogen (secondary N) is 1. The molecule has 0 fully saturated rings. The van der Waals surface area contributed by atoms with Gasteiger partial charge < -0.3 is 14.8 Å². The van der Waals surface area contributed by atoms with Gasteiger partial charge in [-0.05, 0) is 66.9 Å². The number of hydrogen-bond acceptors (Lipinski definition) is 4. The van der Waals surface area contributed by atoms with Crippen LogP contribution in [0.15, 0.2) is 60.2 Å². The number of halogens is 2. The van der Waals surface area contributed by atoms with Gasteiger partial charge in [0, 0.05) is 5.69 Å². The van der Waals surface area contributed by atoms with Gasteiger partial charge in [-0.25, -0.2) is 4.39 Å². The molecule has 0 aliphatic heterocycles. The molecule has 3 rings (SSSR count). The Hall–Kier alpha value is -3.82. The van der Waals surface area contributed by atoms with Crippen molar-refractivity contribution in [2.24, 2.45) is 0 Å². The predicted octanol–water partition coefficient (Wildman–Crippen LogP) is 6.23. The minimum Gasteiger partial charge on any atom is -0.493 e. The van der Waals surface area contributed by atoms with Gasteiger partial charge in [0.15, 0.2) is 11.5 Å². The number of carbonyl (C=O) groups excluding carboxylic acids is 1. The molecule has 3 aromatic rings. The molecule has 1 N–H and O–H groups in total. The number of aryl methyl sites for hydroxylation is 2. The van der Waals surface area contributed by atoms with Gasteiger partial charge in [0.25, 0.3) is 5.91 Å². The van der Waals surface area contributed by atoms with Gasteiger partial charge in [-0.1, -0.05) is 41.4 Å². The molecule has 168 valence electrons. The van der Waals surface area contributed by atoms with E-state index in [2.05, 4.69) is 5.32 Å². The van der Waals surface area contributed by atoms with Crippen LogP contribution in [0, 0.1) is 31.0 Å². The molecule has 0 saturated heterocycles. The van der Waals surface area contributed by atoms with E-state index in [9.17, 15) is 14.4 Å². The zero-order valence-electron chi connectivity index (χ0n) is 18.4. The van der Waals surface area contributed by atoms with Crippen LogP contribution in [0.25, 0.3) is 6.08 Å². The third-order valence-electron chi connectivity index (χ3n) is 4.83. The second-order valence-corrected chi connectivity index (χ2v) is 7.80. The largest absolute Gasteiger partial charge is 0.493 e. The fraction of sp³-hybridized carbons (Fsp3) is 0.154. The summed E-state index contributed by atoms with van der Waals surface area (Å²) in [7, 11) is 1.45. The Balaban J connectivity index is 1.83. The number of benzene rings is 3. The molecule has 1 amide bonds. The van der Waals surface area contributed by atoms with Crippen LogP contribution in [-0.2, 0) is 11.4 Å². The average Bonchev–Trinajstić information content (AvgIpc) is 2.78. The normalized spacial score (nSPS) is 11.0. The lowest BCUT2D eigenvalue weighted by Crippen LogP contribution is -2.14. The molecule has 0 heterocycles. The molecule has 0 saturated carbocycles. The van der Waals surface area contributed by atoms with Crippen LogP contribution in [0.5, 0.6) is 11.5 Å². The summed E-state index contributed by atoms with van der Waals surface area (Å²) in [5.41, 5.74) is 3.62. The summed E-state index contributed by atoms with van der Waals surface area (Å²) in [6.45, 7) is 3.93. The summed E-state index contributed by atoms with van der Waals surface area (Å²) >= 11 is 6.39. The number of anilines is 1. The van der Waals surface area contributed by atoms with Crippen molar-refractivity contribution in [3.63, 3.8) is 0 Å². The molecule has 0 bridgehead atoms. The van der Waals surface area contributed by atoms with Gasteiger partial charge in [0.2, 0.25) is 0 Å². The molecule has 0 unspecified atom stereocenters. The van der Waals surface area contributed by atoms with Crippen molar-refractivity contribution < 1.29 is 18.7 Å². The highest BCUT2D eigenvalue weighted by Crippen LogP contribution is 2.37. The van der Waals surface area contributed by atoms with E-state index in [1.54, 1.807) is 30.3 Å². The maximum atomic E-state index is 13.4. The topological polar surface area (TPSA) is 71.3 Å². The summed E-state index contributed by atoms with van der Waals surface area (Å²) in [6.07, 6.45) is 1.42. The minimum atomic E-state index is -0.536. The zero-order valence-corrected chi connectivity index (χ0v) is 19.2. The number of amides is 1. The number of ether oxygens (including phenoxy) is 2. The first-order chi connectivity index (χ1) is 15.8. The highest BCUT2D eigenvalue weighted by atomic mass is 35.5. The molecule has 0 radical (unpaired) electrons. The summed E-state index contributed by atoms with van der Waals surface area (Å²) in [5, 5.41) is 12.5. The number of nitriles is 1. The molecule has 7 heteroatoms. The van der Waals surface area contributed by atoms with Crippen LogP contribution in [0.4, 0.5) is 10.1 Å². The van der Waals surface area contributed by atoms with Crippen LogP contribution in [0.3, 0.4) is 0 Å². The molecule has 0 aliphatic rings. The Bertz CT molecular complexity index is 1260. The molecular weight excluding hydrogens is 443 g/mol. The van der Waals surface area contributed by atoms with Crippen molar-refractivity contribution in [1.29, 1.82) is 5.26 Å². The highest BCUT2D eigenvalue weighted by molar-refractivity contribution is 6.32. The van der Waals surface area contributed by atoms with Gasteiger partial charge in [0.05, 0.1) is 12.1 Å². The average molecular weight is 465 g/mol. The third kappa shape index (κ3) is 6.12. The number of rotatable bonds is 7. The number of methoxy groups -OCH3 is 1. The van der Waals surface area contributed by atoms with Crippen LogP contribution in [0.1, 0.15) is 22.3 Å². The van der Waals surface area contributed by atoms with Gasteiger partial charge in [-0.15, -0.1) is 0 Å². The molecular formula is C26H22ClFN2O3. The summed E-state index contributed by atoms with van der Waals surface area (Å²) < 4.78 is 24.5. The van der Waals surface area contributed by atoms with Gasteiger partial charge in [-0.2, -0.15) is 5.26 Å². The molecule has 33 heavy (non-hydrogen) atoms. The van der Waals surface area contributed by atoms with Gasteiger partial charge in [0.1, 0.15) is 24.1 Å². The van der Waals surface area contributed by atoms with Crippen molar-refractivity contribution in [2.75, 3.05) is 12.4 Å². The Kier molecular flexibility index (Phi) is 7.70. The van der Waals surface area contributed by atoms with Crippen molar-refractivity contribution in [2.45, 2.75) is 20.5 Å². The molecule has 0 atom stereocenters. The summed E-state index contributed by atoms with van der Waals surface area (Å²) in [4.78, 5) is 12.7. The molecule has 0 aliphatic carbocycles. The van der Waals surface area contributed by atoms with Crippen molar-refractivity contribution in [3.8, 4) is 17.6 Å². The molecule has 0 spiro atoms. The first-order valence-electron chi connectivity index (χ1n) is 10.1. The lowest BCUT2D eigenvalue weighted by molar-refractivity contribution is -0.112. The number of carbonyl (C=O) groups is 1. The van der Waals surface area contributed by atoms with Crippen LogP contribution in [-0.4, -0.2) is 13.0 Å². The van der Waals surface area contributed by atoms with Crippen molar-refractivity contribution >= 4 is 29.3 Å². The lowest BCUT2D eigenvalue weighted by Gasteiger charge is -2.14. The van der Waals surface area contributed by atoms with E-state index in [0.717, 1.165) is 11.1 Å². The Morgan fingerprint density at radius 1 is 1.18 bits per heavy atom. The van der Waals surface area contributed by atoms with Gasteiger partial charge in [-0.3, -0.25) is 4.79 Å². The van der Waals surface area contributed by atoms with E-state index in [-0.39, 0.29) is 28.8 Å². The maximum absolute atomic E-state index is 13.4. The lowest BCUT2D eigenvalue weighted by atomic mass is 10.1. The Morgan fingerprint density at radius 2 is 1.97 bits per heavy atom. The van der Waals surface area contributed by atoms with Crippen LogP contribution in [0.2, 0.25) is 5.02 Å². The third-order valence-corrected chi connectivity index (χ3v) is 5.11. The second-order valence-electron chi connectivity index (χ2n) is 7.40. The van der Waals surface area contributed by atoms with Crippen LogP contribution < -0.4 is 14.8 Å². The molecule has 5 nitrogen and oxygen atoms in total. The van der Waals surface area contributed by atoms with E-state index in [1.807, 2.05) is 32.0 Å². The first kappa shape index (κ1) is 23.8. The fourth-order valence-electron chi connectivity index (χ4n) is 3.20. The predicted molar refractivity (Wildman–Crippen MR) is 127 cm³/mol. The van der Waals surface area contributed by atoms with E-state index >= 15 is 0 Å². The minimum absolute atomic E-state index is 0.0881. The standard InChI is InChI=1S/C26H22ClFN2O3/c1-16-7-8-23(17(2)9-16)30-26(31)20(14-29)10-19-12-22(27)25(24(13-19)32-3)33-15-18-5-4-6-21(28)11-18/h4-13H,15H2,1-3H3,(H,30,31)/b20-10+. The second kappa shape index (κ2) is 10.7. The van der Waals surface area contributed by atoms with Crippen molar-refractivity contribution in [1.82, 2.24) is 0 Å². The van der Waals surface area contributed by atoms with E-state index in [4.69, 9.17) is 21.1 Å². The summed E-state index contributed by atoms with van der Waals surface area (Å²) in [5.74, 6) is -0.306. The monoisotopic (exact) mass is 464 g/mol. The number of nitrogens with zero attached hydrogens (tertiary/aromatic N) is 1.